The van der Waals surface area contributed by atoms with Crippen LogP contribution in [0.2, 0.25) is 0 Å². The normalized spacial score (nSPS) is 35.4. The first-order chi connectivity index (χ1) is 14.4. The van der Waals surface area contributed by atoms with E-state index in [9.17, 15) is 19.5 Å². The maximum absolute atomic E-state index is 13.6. The van der Waals surface area contributed by atoms with Gasteiger partial charge in [0.25, 0.3) is 0 Å². The van der Waals surface area contributed by atoms with E-state index in [0.29, 0.717) is 19.4 Å². The summed E-state index contributed by atoms with van der Waals surface area (Å²) in [7, 11) is 0. The van der Waals surface area contributed by atoms with Crippen molar-refractivity contribution in [3.8, 4) is 0 Å². The highest BCUT2D eigenvalue weighted by Gasteiger charge is 2.77. The highest BCUT2D eigenvalue weighted by molar-refractivity contribution is 9.09. The third-order valence-corrected chi connectivity index (χ3v) is 7.53. The molecule has 1 spiro atoms. The van der Waals surface area contributed by atoms with Crippen LogP contribution in [0.4, 0.5) is 0 Å². The van der Waals surface area contributed by atoms with Crippen molar-refractivity contribution in [1.29, 1.82) is 0 Å². The molecule has 0 radical (unpaired) electrons. The summed E-state index contributed by atoms with van der Waals surface area (Å²) in [6, 6.07) is -1.39. The number of carbonyl (C=O) groups excluding carboxylic acids is 3. The standard InChI is InChI=1S/C21H33BrN2O6/c1-4-7-8-9-23-18(26)17-21-10-13(22)16(30-21)14(20(28)29-6-3)15(21)19(27)24(17)12(5-2)11-25/h12-17,25H,4-11H2,1-3H3,(H,23,26)/t12-,13?,14+,15-,16+,17?,21?/m0/s1. The van der Waals surface area contributed by atoms with Gasteiger partial charge in [0.2, 0.25) is 11.8 Å². The third kappa shape index (κ3) is 3.66. The number of ether oxygens (including phenoxy) is 2. The number of nitrogens with zero attached hydrogens (tertiary/aromatic N) is 1. The molecule has 3 saturated heterocycles. The van der Waals surface area contributed by atoms with Crippen molar-refractivity contribution in [1.82, 2.24) is 10.2 Å². The fourth-order valence-corrected chi connectivity index (χ4v) is 6.31. The number of halogens is 1. The zero-order valence-corrected chi connectivity index (χ0v) is 19.5. The number of aliphatic hydroxyl groups excluding tert-OH is 1. The van der Waals surface area contributed by atoms with E-state index in [1.54, 1.807) is 6.92 Å². The molecule has 3 fully saturated rings. The maximum Gasteiger partial charge on any atom is 0.312 e. The van der Waals surface area contributed by atoms with E-state index in [1.807, 2.05) is 6.92 Å². The van der Waals surface area contributed by atoms with Crippen LogP contribution in [0.15, 0.2) is 0 Å². The summed E-state index contributed by atoms with van der Waals surface area (Å²) >= 11 is 3.60. The van der Waals surface area contributed by atoms with Gasteiger partial charge in [-0.3, -0.25) is 14.4 Å². The number of unbranched alkanes of at least 4 members (excludes halogenated alkanes) is 2. The van der Waals surface area contributed by atoms with Gasteiger partial charge in [-0.2, -0.15) is 0 Å². The van der Waals surface area contributed by atoms with Crippen molar-refractivity contribution in [2.75, 3.05) is 19.8 Å². The molecule has 0 aliphatic carbocycles. The Morgan fingerprint density at radius 3 is 2.70 bits per heavy atom. The van der Waals surface area contributed by atoms with Crippen LogP contribution in [0.1, 0.15) is 52.9 Å². The second-order valence-electron chi connectivity index (χ2n) is 8.40. The lowest BCUT2D eigenvalue weighted by molar-refractivity contribution is -0.155. The van der Waals surface area contributed by atoms with E-state index in [0.717, 1.165) is 19.3 Å². The minimum atomic E-state index is -1.09. The van der Waals surface area contributed by atoms with Crippen molar-refractivity contribution in [3.05, 3.63) is 0 Å². The van der Waals surface area contributed by atoms with E-state index in [-0.39, 0.29) is 29.9 Å². The number of carbonyl (C=O) groups is 3. The van der Waals surface area contributed by atoms with Gasteiger partial charge in [-0.25, -0.2) is 0 Å². The fourth-order valence-electron chi connectivity index (χ4n) is 5.37. The summed E-state index contributed by atoms with van der Waals surface area (Å²) in [5.41, 5.74) is -1.09. The number of rotatable bonds is 10. The summed E-state index contributed by atoms with van der Waals surface area (Å²) in [6.45, 7) is 6.15. The minimum absolute atomic E-state index is 0.152. The molecule has 0 aromatic rings. The number of alkyl halides is 1. The summed E-state index contributed by atoms with van der Waals surface area (Å²) < 4.78 is 11.6. The van der Waals surface area contributed by atoms with Crippen LogP contribution in [0.25, 0.3) is 0 Å². The molecule has 3 unspecified atom stereocenters. The first kappa shape index (κ1) is 23.5. The average Bonchev–Trinajstić information content (AvgIpc) is 3.30. The molecule has 2 N–H and O–H groups in total. The molecule has 0 aromatic carbocycles. The number of esters is 1. The molecule has 7 atom stereocenters. The first-order valence-electron chi connectivity index (χ1n) is 11.1. The predicted octanol–water partition coefficient (Wildman–Crippen LogP) is 1.37. The van der Waals surface area contributed by atoms with Gasteiger partial charge in [-0.15, -0.1) is 0 Å². The number of fused-ring (bicyclic) bond motifs is 1. The minimum Gasteiger partial charge on any atom is -0.466 e. The van der Waals surface area contributed by atoms with Crippen LogP contribution in [-0.2, 0) is 23.9 Å². The van der Waals surface area contributed by atoms with Crippen molar-refractivity contribution in [3.63, 3.8) is 0 Å². The summed E-state index contributed by atoms with van der Waals surface area (Å²) in [5, 5.41) is 12.9. The molecule has 8 nitrogen and oxygen atoms in total. The van der Waals surface area contributed by atoms with E-state index < -0.39 is 41.6 Å². The Morgan fingerprint density at radius 2 is 2.10 bits per heavy atom. The molecule has 0 saturated carbocycles. The molecule has 2 bridgehead atoms. The maximum atomic E-state index is 13.6. The van der Waals surface area contributed by atoms with Crippen molar-refractivity contribution in [2.45, 2.75) is 81.5 Å². The molecule has 0 aromatic heterocycles. The third-order valence-electron chi connectivity index (χ3n) is 6.69. The van der Waals surface area contributed by atoms with E-state index in [1.165, 1.54) is 4.90 Å². The van der Waals surface area contributed by atoms with Gasteiger partial charge in [-0.05, 0) is 26.2 Å². The SMILES string of the molecule is CCCCCNC(=O)C1N([C@@H](CC)CO)C(=O)[C@@H]2[C@@H](C(=O)OCC)[C@@H]3OC12CC3Br. The van der Waals surface area contributed by atoms with Gasteiger partial charge in [0, 0.05) is 11.4 Å². The lowest BCUT2D eigenvalue weighted by atomic mass is 9.70. The quantitative estimate of drug-likeness (QED) is 0.273. The molecule has 170 valence electrons. The van der Waals surface area contributed by atoms with Crippen LogP contribution in [0.3, 0.4) is 0 Å². The molecule has 3 aliphatic heterocycles. The topological polar surface area (TPSA) is 105 Å². The number of amides is 2. The van der Waals surface area contributed by atoms with Crippen LogP contribution in [-0.4, -0.2) is 76.2 Å². The zero-order chi connectivity index (χ0) is 22.1. The highest BCUT2D eigenvalue weighted by atomic mass is 79.9. The molecule has 3 aliphatic rings. The molecule has 2 amide bonds. The summed E-state index contributed by atoms with van der Waals surface area (Å²) in [5.74, 6) is -2.58. The second kappa shape index (κ2) is 9.53. The molecule has 3 rings (SSSR count). The van der Waals surface area contributed by atoms with Crippen molar-refractivity contribution in [2.24, 2.45) is 11.8 Å². The lowest BCUT2D eigenvalue weighted by Crippen LogP contribution is -2.58. The monoisotopic (exact) mass is 488 g/mol. The Bertz CT molecular complexity index is 672. The van der Waals surface area contributed by atoms with Crippen molar-refractivity contribution >= 4 is 33.7 Å². The number of likely N-dealkylation sites (tertiary alicyclic amines) is 1. The molecular weight excluding hydrogens is 456 g/mol. The molecule has 9 heteroatoms. The first-order valence-corrected chi connectivity index (χ1v) is 12.0. The van der Waals surface area contributed by atoms with Gasteiger partial charge in [0.15, 0.2) is 0 Å². The number of hydrogen-bond donors (Lipinski definition) is 2. The predicted molar refractivity (Wildman–Crippen MR) is 113 cm³/mol. The summed E-state index contributed by atoms with van der Waals surface area (Å²) in [4.78, 5) is 41.0. The van der Waals surface area contributed by atoms with Gasteiger partial charge < -0.3 is 24.8 Å². The van der Waals surface area contributed by atoms with E-state index in [4.69, 9.17) is 9.47 Å². The number of nitrogens with one attached hydrogen (secondary N) is 1. The van der Waals surface area contributed by atoms with Gasteiger partial charge in [0.05, 0.1) is 37.2 Å². The van der Waals surface area contributed by atoms with Crippen LogP contribution in [0, 0.1) is 11.8 Å². The lowest BCUT2D eigenvalue weighted by Gasteiger charge is -2.36. The number of hydrogen-bond acceptors (Lipinski definition) is 6. The summed E-state index contributed by atoms with van der Waals surface area (Å²) in [6.07, 6.45) is 3.33. The van der Waals surface area contributed by atoms with E-state index in [2.05, 4.69) is 28.2 Å². The zero-order valence-electron chi connectivity index (χ0n) is 17.9. The Kier molecular flexibility index (Phi) is 7.45. The molecular formula is C21H33BrN2O6. The molecule has 3 heterocycles. The Balaban J connectivity index is 1.97. The van der Waals surface area contributed by atoms with Crippen LogP contribution in [0.5, 0.6) is 0 Å². The number of aliphatic hydroxyl groups is 1. The van der Waals surface area contributed by atoms with Gasteiger partial charge in [-0.1, -0.05) is 42.6 Å². The van der Waals surface area contributed by atoms with Crippen LogP contribution >= 0.6 is 15.9 Å². The largest absolute Gasteiger partial charge is 0.466 e. The van der Waals surface area contributed by atoms with Gasteiger partial charge in [0.1, 0.15) is 11.6 Å². The fraction of sp³-hybridized carbons (Fsp3) is 0.857. The Hall–Kier alpha value is -1.19. The Morgan fingerprint density at radius 1 is 1.37 bits per heavy atom. The molecule has 30 heavy (non-hydrogen) atoms. The van der Waals surface area contributed by atoms with Crippen molar-refractivity contribution < 1.29 is 29.0 Å². The highest BCUT2D eigenvalue weighted by Crippen LogP contribution is 2.60. The average molecular weight is 489 g/mol. The Labute approximate surface area is 186 Å². The second-order valence-corrected chi connectivity index (χ2v) is 9.58. The van der Waals surface area contributed by atoms with Crippen LogP contribution < -0.4 is 5.32 Å². The van der Waals surface area contributed by atoms with Gasteiger partial charge >= 0.3 is 5.97 Å². The van der Waals surface area contributed by atoms with E-state index >= 15 is 0 Å². The smallest absolute Gasteiger partial charge is 0.312 e.